The van der Waals surface area contributed by atoms with Gasteiger partial charge in [0.1, 0.15) is 6.04 Å². The van der Waals surface area contributed by atoms with Crippen molar-refractivity contribution in [1.29, 1.82) is 0 Å². The normalized spacial score (nSPS) is 18.7. The Kier molecular flexibility index (Phi) is 3.96. The van der Waals surface area contributed by atoms with Crippen molar-refractivity contribution < 1.29 is 22.7 Å². The molecule has 1 rings (SSSR count). The summed E-state index contributed by atoms with van der Waals surface area (Å²) in [4.78, 5) is 10.9. The minimum absolute atomic E-state index is 0.0916. The third kappa shape index (κ3) is 4.51. The molecule has 88 valence electrons. The predicted molar refractivity (Wildman–Crippen MR) is 47.3 cm³/mol. The summed E-state index contributed by atoms with van der Waals surface area (Å²) < 4.78 is 41.8. The van der Waals surface area contributed by atoms with Gasteiger partial charge in [-0.3, -0.25) is 4.79 Å². The van der Waals surface area contributed by atoms with Gasteiger partial charge in [-0.1, -0.05) is 0 Å². The van der Waals surface area contributed by atoms with Crippen LogP contribution in [0.1, 0.15) is 26.2 Å². The lowest BCUT2D eigenvalue weighted by Gasteiger charge is -2.20. The van der Waals surface area contributed by atoms with Crippen LogP contribution in [0, 0.1) is 0 Å². The topological polar surface area (TPSA) is 38.3 Å². The van der Waals surface area contributed by atoms with E-state index in [1.54, 1.807) is 6.92 Å². The van der Waals surface area contributed by atoms with E-state index in [9.17, 15) is 18.0 Å². The molecule has 3 nitrogen and oxygen atoms in total. The molecule has 1 saturated carbocycles. The zero-order valence-electron chi connectivity index (χ0n) is 8.43. The number of esters is 1. The SMILES string of the molecule is CCOC(=O)C[C@H](NC1CC1)C(F)(F)F. The van der Waals surface area contributed by atoms with Crippen molar-refractivity contribution in [2.24, 2.45) is 0 Å². The molecule has 0 saturated heterocycles. The number of rotatable bonds is 5. The van der Waals surface area contributed by atoms with Crippen LogP contribution in [0.15, 0.2) is 0 Å². The molecule has 6 heteroatoms. The van der Waals surface area contributed by atoms with Gasteiger partial charge in [0.05, 0.1) is 13.0 Å². The lowest BCUT2D eigenvalue weighted by atomic mass is 10.2. The Hall–Kier alpha value is -0.780. The average Bonchev–Trinajstić information content (AvgIpc) is 2.85. The summed E-state index contributed by atoms with van der Waals surface area (Å²) in [7, 11) is 0. The smallest absolute Gasteiger partial charge is 0.404 e. The van der Waals surface area contributed by atoms with Gasteiger partial charge < -0.3 is 10.1 Å². The molecule has 1 atom stereocenters. The van der Waals surface area contributed by atoms with Gasteiger partial charge in [-0.05, 0) is 19.8 Å². The number of alkyl halides is 3. The molecule has 1 N–H and O–H groups in total. The van der Waals surface area contributed by atoms with Crippen molar-refractivity contribution in [3.63, 3.8) is 0 Å². The maximum absolute atomic E-state index is 12.4. The molecule has 0 heterocycles. The summed E-state index contributed by atoms with van der Waals surface area (Å²) in [5, 5.41) is 2.39. The highest BCUT2D eigenvalue weighted by atomic mass is 19.4. The van der Waals surface area contributed by atoms with Gasteiger partial charge in [0.15, 0.2) is 0 Å². The molecule has 1 fully saturated rings. The third-order valence-corrected chi connectivity index (χ3v) is 2.09. The zero-order chi connectivity index (χ0) is 11.5. The molecule has 0 spiro atoms. The van der Waals surface area contributed by atoms with Crippen molar-refractivity contribution in [1.82, 2.24) is 5.32 Å². The fourth-order valence-corrected chi connectivity index (χ4v) is 1.19. The molecule has 1 aliphatic carbocycles. The molecule has 0 aromatic rings. The highest BCUT2D eigenvalue weighted by molar-refractivity contribution is 5.70. The lowest BCUT2D eigenvalue weighted by Crippen LogP contribution is -2.45. The van der Waals surface area contributed by atoms with Crippen LogP contribution in [0.25, 0.3) is 0 Å². The Morgan fingerprint density at radius 3 is 2.53 bits per heavy atom. The van der Waals surface area contributed by atoms with Crippen molar-refractivity contribution in [3.8, 4) is 0 Å². The number of carbonyl (C=O) groups excluding carboxylic acids is 1. The molecule has 0 aliphatic heterocycles. The second-order valence-corrected chi connectivity index (χ2v) is 3.54. The fourth-order valence-electron chi connectivity index (χ4n) is 1.19. The van der Waals surface area contributed by atoms with Gasteiger partial charge in [-0.2, -0.15) is 13.2 Å². The number of carbonyl (C=O) groups is 1. The molecule has 0 amide bonds. The number of nitrogens with one attached hydrogen (secondary N) is 1. The first-order chi connectivity index (χ1) is 6.93. The number of hydrogen-bond donors (Lipinski definition) is 1. The van der Waals surface area contributed by atoms with Gasteiger partial charge in [0.25, 0.3) is 0 Å². The average molecular weight is 225 g/mol. The van der Waals surface area contributed by atoms with Crippen LogP contribution in [0.5, 0.6) is 0 Å². The van der Waals surface area contributed by atoms with E-state index in [-0.39, 0.29) is 12.6 Å². The number of halogens is 3. The largest absolute Gasteiger partial charge is 0.466 e. The van der Waals surface area contributed by atoms with Gasteiger partial charge in [0.2, 0.25) is 0 Å². The highest BCUT2D eigenvalue weighted by Gasteiger charge is 2.43. The first-order valence-electron chi connectivity index (χ1n) is 4.92. The Morgan fingerprint density at radius 1 is 1.53 bits per heavy atom. The van der Waals surface area contributed by atoms with E-state index in [2.05, 4.69) is 10.1 Å². The molecule has 0 bridgehead atoms. The van der Waals surface area contributed by atoms with Gasteiger partial charge in [-0.15, -0.1) is 0 Å². The van der Waals surface area contributed by atoms with Crippen LogP contribution in [-0.2, 0) is 9.53 Å². The van der Waals surface area contributed by atoms with Crippen LogP contribution in [-0.4, -0.2) is 30.8 Å². The summed E-state index contributed by atoms with van der Waals surface area (Å²) in [6.45, 7) is 1.67. The van der Waals surface area contributed by atoms with Crippen molar-refractivity contribution in [2.75, 3.05) is 6.61 Å². The maximum Gasteiger partial charge on any atom is 0.404 e. The molecule has 0 aromatic heterocycles. The number of hydrogen-bond acceptors (Lipinski definition) is 3. The first kappa shape index (κ1) is 12.3. The van der Waals surface area contributed by atoms with E-state index in [4.69, 9.17) is 0 Å². The van der Waals surface area contributed by atoms with Crippen molar-refractivity contribution in [2.45, 2.75) is 44.4 Å². The van der Waals surface area contributed by atoms with E-state index in [1.165, 1.54) is 0 Å². The Morgan fingerprint density at radius 2 is 2.13 bits per heavy atom. The first-order valence-corrected chi connectivity index (χ1v) is 4.92. The Bertz CT molecular complexity index is 226. The van der Waals surface area contributed by atoms with Crippen LogP contribution >= 0.6 is 0 Å². The summed E-state index contributed by atoms with van der Waals surface area (Å²) in [6.07, 6.45) is -3.55. The fraction of sp³-hybridized carbons (Fsp3) is 0.889. The molecule has 15 heavy (non-hydrogen) atoms. The van der Waals surface area contributed by atoms with Gasteiger partial charge in [-0.25, -0.2) is 0 Å². The summed E-state index contributed by atoms with van der Waals surface area (Å²) in [5.74, 6) is -0.812. The second kappa shape index (κ2) is 4.83. The van der Waals surface area contributed by atoms with E-state index >= 15 is 0 Å². The van der Waals surface area contributed by atoms with Crippen LogP contribution in [0.4, 0.5) is 13.2 Å². The van der Waals surface area contributed by atoms with Crippen LogP contribution < -0.4 is 5.32 Å². The van der Waals surface area contributed by atoms with Crippen molar-refractivity contribution in [3.05, 3.63) is 0 Å². The quantitative estimate of drug-likeness (QED) is 0.722. The molecular weight excluding hydrogens is 211 g/mol. The summed E-state index contributed by atoms with van der Waals surface area (Å²) in [6, 6.07) is -1.87. The van der Waals surface area contributed by atoms with E-state index in [1.807, 2.05) is 0 Å². The monoisotopic (exact) mass is 225 g/mol. The van der Waals surface area contributed by atoms with E-state index < -0.39 is 24.6 Å². The Labute approximate surface area is 86.0 Å². The van der Waals surface area contributed by atoms with Crippen molar-refractivity contribution >= 4 is 5.97 Å². The molecule has 0 radical (unpaired) electrons. The van der Waals surface area contributed by atoms with E-state index in [0.29, 0.717) is 0 Å². The van der Waals surface area contributed by atoms with Gasteiger partial charge in [0, 0.05) is 6.04 Å². The van der Waals surface area contributed by atoms with Crippen LogP contribution in [0.2, 0.25) is 0 Å². The summed E-state index contributed by atoms with van der Waals surface area (Å²) >= 11 is 0. The number of ether oxygens (including phenoxy) is 1. The third-order valence-electron chi connectivity index (χ3n) is 2.09. The zero-order valence-corrected chi connectivity index (χ0v) is 8.43. The minimum atomic E-state index is -4.39. The van der Waals surface area contributed by atoms with Gasteiger partial charge >= 0.3 is 12.1 Å². The van der Waals surface area contributed by atoms with E-state index in [0.717, 1.165) is 12.8 Å². The minimum Gasteiger partial charge on any atom is -0.466 e. The lowest BCUT2D eigenvalue weighted by molar-refractivity contribution is -0.169. The standard InChI is InChI=1S/C9H14F3NO2/c1-2-15-8(14)5-7(9(10,11)12)13-6-3-4-6/h6-7,13H,2-5H2,1H3/t7-/m0/s1. The molecule has 1 aliphatic rings. The molecule has 0 unspecified atom stereocenters. The predicted octanol–water partition coefficient (Wildman–Crippen LogP) is 1.62. The second-order valence-electron chi connectivity index (χ2n) is 3.54. The molecule has 0 aromatic carbocycles. The summed E-state index contributed by atoms with van der Waals surface area (Å²) in [5.41, 5.74) is 0. The molecular formula is C9H14F3NO2. The Balaban J connectivity index is 2.44. The highest BCUT2D eigenvalue weighted by Crippen LogP contribution is 2.27. The maximum atomic E-state index is 12.4. The van der Waals surface area contributed by atoms with Crippen LogP contribution in [0.3, 0.4) is 0 Å².